The molecule has 0 aromatic heterocycles. The van der Waals surface area contributed by atoms with E-state index in [2.05, 4.69) is 5.32 Å². The Hall–Kier alpha value is -2.56. The van der Waals surface area contributed by atoms with E-state index < -0.39 is 0 Å². The van der Waals surface area contributed by atoms with E-state index in [9.17, 15) is 9.18 Å². The van der Waals surface area contributed by atoms with Crippen LogP contribution in [-0.2, 0) is 4.79 Å². The second-order valence-corrected chi connectivity index (χ2v) is 4.92. The molecule has 0 spiro atoms. The second-order valence-electron chi connectivity index (χ2n) is 4.92. The fraction of sp³-hybridized carbons (Fsp3) is 0.278. The topological polar surface area (TPSA) is 47.6 Å². The number of ether oxygens (including phenoxy) is 2. The van der Waals surface area contributed by atoms with Crippen molar-refractivity contribution in [1.29, 1.82) is 0 Å². The van der Waals surface area contributed by atoms with Gasteiger partial charge in [-0.15, -0.1) is 0 Å². The number of hydrogen-bond donors (Lipinski definition) is 1. The predicted octanol–water partition coefficient (Wildman–Crippen LogP) is 3.18. The third-order valence-corrected chi connectivity index (χ3v) is 3.07. The Morgan fingerprint density at radius 1 is 0.913 bits per heavy atom. The number of para-hydroxylation sites is 1. The average molecular weight is 317 g/mol. The third-order valence-electron chi connectivity index (χ3n) is 3.07. The van der Waals surface area contributed by atoms with E-state index >= 15 is 0 Å². The lowest BCUT2D eigenvalue weighted by Crippen LogP contribution is -2.28. The summed E-state index contributed by atoms with van der Waals surface area (Å²) in [4.78, 5) is 11.6. The van der Waals surface area contributed by atoms with E-state index in [1.807, 2.05) is 30.3 Å². The van der Waals surface area contributed by atoms with Gasteiger partial charge in [-0.3, -0.25) is 4.79 Å². The molecule has 0 saturated heterocycles. The summed E-state index contributed by atoms with van der Waals surface area (Å²) in [6, 6.07) is 15.3. The molecule has 23 heavy (non-hydrogen) atoms. The fourth-order valence-corrected chi connectivity index (χ4v) is 1.92. The molecule has 5 heteroatoms. The van der Waals surface area contributed by atoms with Gasteiger partial charge in [-0.25, -0.2) is 4.39 Å². The average Bonchev–Trinajstić information content (AvgIpc) is 2.58. The van der Waals surface area contributed by atoms with Crippen molar-refractivity contribution in [1.82, 2.24) is 5.32 Å². The molecular formula is C18H20FNO3. The molecule has 2 aromatic rings. The van der Waals surface area contributed by atoms with Gasteiger partial charge in [0.25, 0.3) is 0 Å². The molecule has 122 valence electrons. The first-order valence-corrected chi connectivity index (χ1v) is 7.57. The lowest BCUT2D eigenvalue weighted by atomic mass is 10.3. The summed E-state index contributed by atoms with van der Waals surface area (Å²) in [5.41, 5.74) is 0. The molecule has 1 amide bonds. The highest BCUT2D eigenvalue weighted by Gasteiger charge is 2.01. The van der Waals surface area contributed by atoms with Crippen LogP contribution in [0, 0.1) is 5.82 Å². The fourth-order valence-electron chi connectivity index (χ4n) is 1.92. The van der Waals surface area contributed by atoms with Crippen molar-refractivity contribution in [3.8, 4) is 11.5 Å². The molecule has 0 aliphatic carbocycles. The van der Waals surface area contributed by atoms with Gasteiger partial charge in [0, 0.05) is 6.42 Å². The number of benzene rings is 2. The maximum atomic E-state index is 12.7. The second kappa shape index (κ2) is 9.46. The molecule has 1 N–H and O–H groups in total. The molecule has 0 radical (unpaired) electrons. The summed E-state index contributed by atoms with van der Waals surface area (Å²) in [5, 5.41) is 2.77. The molecule has 0 heterocycles. The Bertz CT molecular complexity index is 587. The number of nitrogens with one attached hydrogen (secondary N) is 1. The van der Waals surface area contributed by atoms with Crippen molar-refractivity contribution in [3.63, 3.8) is 0 Å². The van der Waals surface area contributed by atoms with Gasteiger partial charge in [-0.1, -0.05) is 18.2 Å². The zero-order valence-corrected chi connectivity index (χ0v) is 12.8. The lowest BCUT2D eigenvalue weighted by Gasteiger charge is -2.08. The summed E-state index contributed by atoms with van der Waals surface area (Å²) >= 11 is 0. The summed E-state index contributed by atoms with van der Waals surface area (Å²) in [6.07, 6.45) is 1.06. The molecule has 2 rings (SSSR count). The minimum absolute atomic E-state index is 0.0376. The number of halogens is 1. The van der Waals surface area contributed by atoms with E-state index in [-0.39, 0.29) is 11.7 Å². The number of rotatable bonds is 9. The van der Waals surface area contributed by atoms with Crippen LogP contribution in [0.25, 0.3) is 0 Å². The minimum atomic E-state index is -0.302. The number of carbonyl (C=O) groups is 1. The number of amides is 1. The van der Waals surface area contributed by atoms with Gasteiger partial charge in [-0.05, 0) is 42.8 Å². The molecule has 0 saturated carbocycles. The zero-order chi connectivity index (χ0) is 16.3. The first-order chi connectivity index (χ1) is 11.2. The Labute approximate surface area is 135 Å². The van der Waals surface area contributed by atoms with E-state index in [1.165, 1.54) is 12.1 Å². The smallest absolute Gasteiger partial charge is 0.220 e. The predicted molar refractivity (Wildman–Crippen MR) is 86.1 cm³/mol. The van der Waals surface area contributed by atoms with Crippen molar-refractivity contribution < 1.29 is 18.7 Å². The van der Waals surface area contributed by atoms with Crippen LogP contribution in [-0.4, -0.2) is 25.7 Å². The Morgan fingerprint density at radius 2 is 1.57 bits per heavy atom. The molecule has 4 nitrogen and oxygen atoms in total. The largest absolute Gasteiger partial charge is 0.494 e. The SMILES string of the molecule is O=C(CCCOc1ccccc1)NCCOc1ccc(F)cc1. The molecule has 0 aliphatic rings. The molecule has 0 atom stereocenters. The first kappa shape index (κ1) is 16.8. The maximum absolute atomic E-state index is 12.7. The molecule has 2 aromatic carbocycles. The van der Waals surface area contributed by atoms with Crippen LogP contribution in [0.1, 0.15) is 12.8 Å². The van der Waals surface area contributed by atoms with Crippen LogP contribution in [0.4, 0.5) is 4.39 Å². The standard InChI is InChI=1S/C18H20FNO3/c19-15-8-10-17(11-9-15)23-14-12-20-18(21)7-4-13-22-16-5-2-1-3-6-16/h1-3,5-6,8-11H,4,7,12-14H2,(H,20,21). The van der Waals surface area contributed by atoms with Gasteiger partial charge in [0.15, 0.2) is 0 Å². The maximum Gasteiger partial charge on any atom is 0.220 e. The first-order valence-electron chi connectivity index (χ1n) is 7.57. The van der Waals surface area contributed by atoms with Crippen molar-refractivity contribution in [2.75, 3.05) is 19.8 Å². The van der Waals surface area contributed by atoms with Crippen LogP contribution in [0.5, 0.6) is 11.5 Å². The van der Waals surface area contributed by atoms with Gasteiger partial charge < -0.3 is 14.8 Å². The van der Waals surface area contributed by atoms with Gasteiger partial charge in [-0.2, -0.15) is 0 Å². The highest BCUT2D eigenvalue weighted by molar-refractivity contribution is 5.75. The van der Waals surface area contributed by atoms with Gasteiger partial charge in [0.05, 0.1) is 13.2 Å². The Kier molecular flexibility index (Phi) is 6.91. The highest BCUT2D eigenvalue weighted by atomic mass is 19.1. The van der Waals surface area contributed by atoms with E-state index in [4.69, 9.17) is 9.47 Å². The van der Waals surface area contributed by atoms with E-state index in [0.29, 0.717) is 38.3 Å². The summed E-state index contributed by atoms with van der Waals surface area (Å²) in [6.45, 7) is 1.26. The highest BCUT2D eigenvalue weighted by Crippen LogP contribution is 2.10. The minimum Gasteiger partial charge on any atom is -0.494 e. The monoisotopic (exact) mass is 317 g/mol. The van der Waals surface area contributed by atoms with Crippen LogP contribution < -0.4 is 14.8 Å². The van der Waals surface area contributed by atoms with Gasteiger partial charge in [0.2, 0.25) is 5.91 Å². The van der Waals surface area contributed by atoms with Crippen molar-refractivity contribution in [2.45, 2.75) is 12.8 Å². The van der Waals surface area contributed by atoms with Gasteiger partial charge in [0.1, 0.15) is 23.9 Å². The molecule has 0 unspecified atom stereocenters. The van der Waals surface area contributed by atoms with Crippen LogP contribution in [0.2, 0.25) is 0 Å². The zero-order valence-electron chi connectivity index (χ0n) is 12.8. The molecular weight excluding hydrogens is 297 g/mol. The summed E-state index contributed by atoms with van der Waals surface area (Å²) in [5.74, 6) is 1.05. The number of carbonyl (C=O) groups excluding carboxylic acids is 1. The molecule has 0 aliphatic heterocycles. The Morgan fingerprint density at radius 3 is 2.30 bits per heavy atom. The third kappa shape index (κ3) is 6.82. The summed E-state index contributed by atoms with van der Waals surface area (Å²) in [7, 11) is 0. The van der Waals surface area contributed by atoms with E-state index in [1.54, 1.807) is 12.1 Å². The normalized spacial score (nSPS) is 10.1. The lowest BCUT2D eigenvalue weighted by molar-refractivity contribution is -0.121. The van der Waals surface area contributed by atoms with Crippen molar-refractivity contribution in [2.24, 2.45) is 0 Å². The summed E-state index contributed by atoms with van der Waals surface area (Å²) < 4.78 is 23.6. The van der Waals surface area contributed by atoms with Crippen LogP contribution in [0.15, 0.2) is 54.6 Å². The van der Waals surface area contributed by atoms with Crippen molar-refractivity contribution in [3.05, 3.63) is 60.4 Å². The molecule has 0 bridgehead atoms. The quantitative estimate of drug-likeness (QED) is 0.723. The number of hydrogen-bond acceptors (Lipinski definition) is 3. The van der Waals surface area contributed by atoms with Crippen LogP contribution in [0.3, 0.4) is 0 Å². The Balaban J connectivity index is 1.51. The van der Waals surface area contributed by atoms with Gasteiger partial charge >= 0.3 is 0 Å². The van der Waals surface area contributed by atoms with E-state index in [0.717, 1.165) is 5.75 Å². The van der Waals surface area contributed by atoms with Crippen LogP contribution >= 0.6 is 0 Å². The van der Waals surface area contributed by atoms with Crippen molar-refractivity contribution >= 4 is 5.91 Å². The molecule has 0 fully saturated rings.